The van der Waals surface area contributed by atoms with Gasteiger partial charge in [0.05, 0.1) is 41.9 Å². The fraction of sp³-hybridized carbons (Fsp3) is 0.800. The fourth-order valence-electron chi connectivity index (χ4n) is 9.01. The molecule has 27 heavy (non-hydrogen) atoms. The number of carbonyl (C=O) groups is 3. The van der Waals surface area contributed by atoms with Crippen molar-refractivity contribution in [3.63, 3.8) is 0 Å². The average Bonchev–Trinajstić information content (AvgIpc) is 2.64. The Morgan fingerprint density at radius 3 is 1.74 bits per heavy atom. The molecule has 4 unspecified atom stereocenters. The molecule has 6 rings (SSSR count). The van der Waals surface area contributed by atoms with Gasteiger partial charge in [0.15, 0.2) is 0 Å². The van der Waals surface area contributed by atoms with Gasteiger partial charge < -0.3 is 14.4 Å². The monoisotopic (exact) mass is 372 g/mol. The summed E-state index contributed by atoms with van der Waals surface area (Å²) in [6.07, 6.45) is 0. The van der Waals surface area contributed by atoms with E-state index in [9.17, 15) is 19.6 Å². The van der Waals surface area contributed by atoms with Gasteiger partial charge in [-0.2, -0.15) is 5.26 Å². The Morgan fingerprint density at radius 1 is 0.963 bits per heavy atom. The lowest BCUT2D eigenvalue weighted by atomic mass is 8.84. The van der Waals surface area contributed by atoms with Crippen molar-refractivity contribution in [1.82, 2.24) is 4.90 Å². The molecule has 6 aliphatic rings. The number of nitrogens with zero attached hydrogens (tertiary/aromatic N) is 2. The third kappa shape index (κ3) is 0.967. The van der Waals surface area contributed by atoms with Gasteiger partial charge in [-0.05, 0) is 33.6 Å². The highest BCUT2D eigenvalue weighted by atomic mass is 16.5. The lowest BCUT2D eigenvalue weighted by Gasteiger charge is -3.13. The normalized spacial score (nSPS) is 50.8. The highest BCUT2D eigenvalue weighted by Crippen LogP contribution is 3.18. The molecule has 0 radical (unpaired) electrons. The van der Waals surface area contributed by atoms with E-state index in [-0.39, 0.29) is 35.7 Å². The molecule has 0 aromatic carbocycles. The van der Waals surface area contributed by atoms with Crippen LogP contribution in [0.2, 0.25) is 0 Å². The number of ether oxygens (including phenoxy) is 2. The van der Waals surface area contributed by atoms with E-state index in [1.807, 2.05) is 27.7 Å². The first-order chi connectivity index (χ1) is 12.7. The third-order valence-electron chi connectivity index (χ3n) is 8.85. The molecule has 0 spiro atoms. The Kier molecular flexibility index (Phi) is 2.62. The van der Waals surface area contributed by atoms with Crippen LogP contribution in [0, 0.1) is 56.7 Å². The molecule has 7 nitrogen and oxygen atoms in total. The van der Waals surface area contributed by atoms with E-state index in [1.165, 1.54) is 14.2 Å². The fourth-order valence-corrected chi connectivity index (χ4v) is 9.01. The maximum absolute atomic E-state index is 13.9. The maximum atomic E-state index is 13.9. The summed E-state index contributed by atoms with van der Waals surface area (Å²) in [4.78, 5) is 41.5. The minimum atomic E-state index is -1.09. The van der Waals surface area contributed by atoms with Crippen LogP contribution in [-0.4, -0.2) is 49.0 Å². The lowest BCUT2D eigenvalue weighted by Crippen LogP contribution is -3.21. The Bertz CT molecular complexity index is 824. The van der Waals surface area contributed by atoms with Crippen LogP contribution in [0.25, 0.3) is 0 Å². The summed E-state index contributed by atoms with van der Waals surface area (Å²) in [5.74, 6) is -1.90. The molecule has 6 fully saturated rings. The Labute approximate surface area is 158 Å². The molecule has 0 N–H and O–H groups in total. The molecule has 0 bridgehead atoms. The van der Waals surface area contributed by atoms with Gasteiger partial charge in [0, 0.05) is 29.8 Å². The molecular formula is C20H24N2O5. The van der Waals surface area contributed by atoms with Gasteiger partial charge in [-0.3, -0.25) is 14.4 Å². The van der Waals surface area contributed by atoms with Crippen molar-refractivity contribution in [3.05, 3.63) is 0 Å². The molecule has 4 atom stereocenters. The number of hydrogen-bond donors (Lipinski definition) is 0. The zero-order valence-corrected chi connectivity index (χ0v) is 16.4. The molecule has 144 valence electrons. The van der Waals surface area contributed by atoms with Crippen LogP contribution in [0.1, 0.15) is 27.7 Å². The number of esters is 2. The predicted molar refractivity (Wildman–Crippen MR) is 90.5 cm³/mol. The molecule has 0 aromatic heterocycles. The first kappa shape index (κ1) is 17.0. The maximum Gasteiger partial charge on any atom is 0.313 e. The second kappa shape index (κ2) is 4.16. The van der Waals surface area contributed by atoms with Crippen molar-refractivity contribution in [2.24, 2.45) is 45.3 Å². The molecule has 0 heterocycles. The van der Waals surface area contributed by atoms with E-state index < -0.39 is 39.5 Å². The molecule has 1 amide bonds. The second-order valence-corrected chi connectivity index (χ2v) is 9.39. The molecule has 6 saturated carbocycles. The Hall–Kier alpha value is -2.10. The number of carbonyl (C=O) groups excluding carboxylic acids is 3. The van der Waals surface area contributed by atoms with Crippen molar-refractivity contribution < 1.29 is 23.9 Å². The van der Waals surface area contributed by atoms with Crippen LogP contribution in [-0.2, 0) is 23.9 Å². The molecule has 6 aliphatic carbocycles. The minimum Gasteiger partial charge on any atom is -0.469 e. The lowest BCUT2D eigenvalue weighted by molar-refractivity contribution is -0.684. The molecule has 7 heteroatoms. The van der Waals surface area contributed by atoms with Crippen LogP contribution in [0.5, 0.6) is 0 Å². The highest BCUT2D eigenvalue weighted by molar-refractivity contribution is 6.12. The van der Waals surface area contributed by atoms with Crippen molar-refractivity contribution >= 4 is 17.8 Å². The first-order valence-electron chi connectivity index (χ1n) is 9.59. The zero-order chi connectivity index (χ0) is 19.9. The summed E-state index contributed by atoms with van der Waals surface area (Å²) in [7, 11) is 2.63. The summed E-state index contributed by atoms with van der Waals surface area (Å²) in [6.45, 7) is 7.74. The van der Waals surface area contributed by atoms with Crippen molar-refractivity contribution in [3.8, 4) is 6.07 Å². The zero-order valence-electron chi connectivity index (χ0n) is 16.4. The van der Waals surface area contributed by atoms with Gasteiger partial charge in [-0.1, -0.05) is 0 Å². The standard InChI is InChI=1S/C20H24N2O5/c1-8(2)22(9(3)4)14(23)20-10-11-17(7-21)12(10)19(20,16(25)27-6)13(17)18(11,20)15(24)26-5/h8-13H,1-6H3. The quantitative estimate of drug-likeness (QED) is 0.668. The Morgan fingerprint density at radius 2 is 1.41 bits per heavy atom. The van der Waals surface area contributed by atoms with Gasteiger partial charge in [0.2, 0.25) is 5.91 Å². The van der Waals surface area contributed by atoms with Crippen molar-refractivity contribution in [1.29, 1.82) is 5.26 Å². The number of hydrogen-bond acceptors (Lipinski definition) is 6. The van der Waals surface area contributed by atoms with E-state index in [0.717, 1.165) is 0 Å². The minimum absolute atomic E-state index is 0.0626. The van der Waals surface area contributed by atoms with Gasteiger partial charge in [-0.15, -0.1) is 0 Å². The number of methoxy groups -OCH3 is 2. The van der Waals surface area contributed by atoms with Crippen LogP contribution >= 0.6 is 0 Å². The summed E-state index contributed by atoms with van der Waals surface area (Å²) < 4.78 is 10.2. The van der Waals surface area contributed by atoms with Crippen LogP contribution in [0.4, 0.5) is 0 Å². The van der Waals surface area contributed by atoms with Gasteiger partial charge in [-0.25, -0.2) is 0 Å². The third-order valence-corrected chi connectivity index (χ3v) is 8.85. The highest BCUT2D eigenvalue weighted by Gasteiger charge is 3.26. The number of amides is 1. The topological polar surface area (TPSA) is 96.7 Å². The Balaban J connectivity index is 1.69. The van der Waals surface area contributed by atoms with E-state index >= 15 is 0 Å². The average molecular weight is 372 g/mol. The van der Waals surface area contributed by atoms with Crippen LogP contribution < -0.4 is 0 Å². The number of nitriles is 1. The molecule has 0 aliphatic heterocycles. The molecular weight excluding hydrogens is 348 g/mol. The smallest absolute Gasteiger partial charge is 0.313 e. The van der Waals surface area contributed by atoms with Gasteiger partial charge in [0.1, 0.15) is 0 Å². The summed E-state index contributed by atoms with van der Waals surface area (Å²) >= 11 is 0. The van der Waals surface area contributed by atoms with Crippen LogP contribution in [0.3, 0.4) is 0 Å². The SMILES string of the molecule is COC(=O)C12C3C4C5C3(C#N)C1C5(C(=O)OC)C42C(=O)N(C(C)C)C(C)C. The molecule has 0 aromatic rings. The largest absolute Gasteiger partial charge is 0.469 e. The van der Waals surface area contributed by atoms with Crippen molar-refractivity contribution in [2.75, 3.05) is 14.2 Å². The second-order valence-electron chi connectivity index (χ2n) is 9.39. The van der Waals surface area contributed by atoms with Crippen LogP contribution in [0.15, 0.2) is 0 Å². The summed E-state index contributed by atoms with van der Waals surface area (Å²) in [5, 5.41) is 9.81. The van der Waals surface area contributed by atoms with E-state index in [0.29, 0.717) is 0 Å². The summed E-state index contributed by atoms with van der Waals surface area (Å²) in [6, 6.07) is 2.26. The van der Waals surface area contributed by atoms with Gasteiger partial charge in [0.25, 0.3) is 0 Å². The van der Waals surface area contributed by atoms with E-state index in [4.69, 9.17) is 9.47 Å². The first-order valence-corrected chi connectivity index (χ1v) is 9.59. The van der Waals surface area contributed by atoms with Gasteiger partial charge >= 0.3 is 11.9 Å². The van der Waals surface area contributed by atoms with Crippen molar-refractivity contribution in [2.45, 2.75) is 39.8 Å². The molecule has 0 saturated heterocycles. The predicted octanol–water partition coefficient (Wildman–Crippen LogP) is 0.980. The number of rotatable bonds is 5. The van der Waals surface area contributed by atoms with E-state index in [1.54, 1.807) is 4.90 Å². The summed E-state index contributed by atoms with van der Waals surface area (Å²) in [5.41, 5.74) is -3.78. The van der Waals surface area contributed by atoms with E-state index in [2.05, 4.69) is 6.07 Å².